The predicted molar refractivity (Wildman–Crippen MR) is 96.2 cm³/mol. The standard InChI is InChI=1S/C19H23FN2O2S/c1-16(18-7-9-19(20)10-8-18)21-11-13-22(14-12-21)25(23,24)15-17-5-3-2-4-6-17/h2-10,16H,11-15H2,1H3/p+1/t16-/m0/s1. The van der Waals surface area contributed by atoms with Crippen LogP contribution in [0.5, 0.6) is 0 Å². The van der Waals surface area contributed by atoms with E-state index in [0.717, 1.165) is 24.2 Å². The molecular weight excluding hydrogens is 339 g/mol. The van der Waals surface area contributed by atoms with Crippen LogP contribution >= 0.6 is 0 Å². The van der Waals surface area contributed by atoms with Crippen LogP contribution in [0.25, 0.3) is 0 Å². The lowest BCUT2D eigenvalue weighted by molar-refractivity contribution is -0.933. The Labute approximate surface area is 148 Å². The molecular formula is C19H24FN2O2S+. The van der Waals surface area contributed by atoms with Gasteiger partial charge in [-0.3, -0.25) is 0 Å². The molecule has 0 spiro atoms. The highest BCUT2D eigenvalue weighted by Gasteiger charge is 2.31. The van der Waals surface area contributed by atoms with Crippen molar-refractivity contribution in [3.8, 4) is 0 Å². The lowest BCUT2D eigenvalue weighted by Crippen LogP contribution is -3.14. The molecule has 0 aromatic heterocycles. The second kappa shape index (κ2) is 7.64. The number of rotatable bonds is 5. The third kappa shape index (κ3) is 4.45. The zero-order chi connectivity index (χ0) is 17.9. The van der Waals surface area contributed by atoms with E-state index in [-0.39, 0.29) is 17.6 Å². The van der Waals surface area contributed by atoms with E-state index in [1.165, 1.54) is 17.0 Å². The van der Waals surface area contributed by atoms with Crippen LogP contribution in [0.15, 0.2) is 54.6 Å². The number of benzene rings is 2. The second-order valence-corrected chi connectivity index (χ2v) is 8.54. The number of hydrogen-bond acceptors (Lipinski definition) is 2. The first-order valence-corrected chi connectivity index (χ1v) is 10.2. The molecule has 134 valence electrons. The maximum Gasteiger partial charge on any atom is 0.218 e. The van der Waals surface area contributed by atoms with Gasteiger partial charge in [0.2, 0.25) is 10.0 Å². The largest absolute Gasteiger partial charge is 0.327 e. The average molecular weight is 363 g/mol. The van der Waals surface area contributed by atoms with Gasteiger partial charge in [0.25, 0.3) is 0 Å². The summed E-state index contributed by atoms with van der Waals surface area (Å²) < 4.78 is 39.9. The van der Waals surface area contributed by atoms with Gasteiger partial charge in [0.1, 0.15) is 11.9 Å². The van der Waals surface area contributed by atoms with Crippen molar-refractivity contribution in [2.45, 2.75) is 18.7 Å². The minimum Gasteiger partial charge on any atom is -0.327 e. The number of quaternary nitrogens is 1. The van der Waals surface area contributed by atoms with Crippen molar-refractivity contribution >= 4 is 10.0 Å². The van der Waals surface area contributed by atoms with Crippen LogP contribution in [0, 0.1) is 5.82 Å². The van der Waals surface area contributed by atoms with Crippen molar-refractivity contribution in [3.05, 3.63) is 71.5 Å². The zero-order valence-corrected chi connectivity index (χ0v) is 15.2. The molecule has 0 aliphatic carbocycles. The first kappa shape index (κ1) is 18.0. The molecule has 4 nitrogen and oxygen atoms in total. The predicted octanol–water partition coefficient (Wildman–Crippen LogP) is 1.62. The van der Waals surface area contributed by atoms with Gasteiger partial charge < -0.3 is 4.90 Å². The quantitative estimate of drug-likeness (QED) is 0.877. The molecule has 0 bridgehead atoms. The highest BCUT2D eigenvalue weighted by molar-refractivity contribution is 7.88. The number of sulfonamides is 1. The van der Waals surface area contributed by atoms with Crippen LogP contribution in [-0.2, 0) is 15.8 Å². The lowest BCUT2D eigenvalue weighted by atomic mass is 10.1. The van der Waals surface area contributed by atoms with Gasteiger partial charge in [-0.25, -0.2) is 12.8 Å². The van der Waals surface area contributed by atoms with Crippen molar-refractivity contribution in [1.82, 2.24) is 4.31 Å². The van der Waals surface area contributed by atoms with Crippen LogP contribution in [0.4, 0.5) is 4.39 Å². The van der Waals surface area contributed by atoms with Gasteiger partial charge in [0.15, 0.2) is 0 Å². The smallest absolute Gasteiger partial charge is 0.218 e. The van der Waals surface area contributed by atoms with Crippen molar-refractivity contribution in [2.75, 3.05) is 26.2 Å². The summed E-state index contributed by atoms with van der Waals surface area (Å²) in [4.78, 5) is 1.33. The Morgan fingerprint density at radius 3 is 2.24 bits per heavy atom. The molecule has 1 fully saturated rings. The molecule has 25 heavy (non-hydrogen) atoms. The van der Waals surface area contributed by atoms with Crippen molar-refractivity contribution in [2.24, 2.45) is 0 Å². The number of hydrogen-bond donors (Lipinski definition) is 1. The first-order chi connectivity index (χ1) is 12.0. The molecule has 3 rings (SSSR count). The van der Waals surface area contributed by atoms with Crippen molar-refractivity contribution in [3.63, 3.8) is 0 Å². The molecule has 0 amide bonds. The van der Waals surface area contributed by atoms with E-state index in [0.29, 0.717) is 13.1 Å². The monoisotopic (exact) mass is 363 g/mol. The summed E-state index contributed by atoms with van der Waals surface area (Å²) in [5, 5.41) is 0. The molecule has 2 aromatic rings. The highest BCUT2D eigenvalue weighted by atomic mass is 32.2. The highest BCUT2D eigenvalue weighted by Crippen LogP contribution is 2.13. The fraction of sp³-hybridized carbons (Fsp3) is 0.368. The summed E-state index contributed by atoms with van der Waals surface area (Å²) in [7, 11) is -3.29. The lowest BCUT2D eigenvalue weighted by Gasteiger charge is -2.35. The Bertz CT molecular complexity index is 786. The number of nitrogens with zero attached hydrogens (tertiary/aromatic N) is 1. The van der Waals surface area contributed by atoms with E-state index in [1.54, 1.807) is 4.31 Å². The van der Waals surface area contributed by atoms with Gasteiger partial charge in [-0.15, -0.1) is 0 Å². The molecule has 1 atom stereocenters. The Morgan fingerprint density at radius 1 is 1.04 bits per heavy atom. The molecule has 0 unspecified atom stereocenters. The van der Waals surface area contributed by atoms with E-state index in [1.807, 2.05) is 42.5 Å². The van der Waals surface area contributed by atoms with Gasteiger partial charge in [-0.2, -0.15) is 4.31 Å². The molecule has 1 heterocycles. The molecule has 1 saturated heterocycles. The third-order valence-electron chi connectivity index (χ3n) is 4.93. The number of nitrogens with one attached hydrogen (secondary N) is 1. The van der Waals surface area contributed by atoms with Crippen LogP contribution in [0.1, 0.15) is 24.1 Å². The third-order valence-corrected chi connectivity index (χ3v) is 6.78. The van der Waals surface area contributed by atoms with Gasteiger partial charge in [-0.05, 0) is 24.6 Å². The summed E-state index contributed by atoms with van der Waals surface area (Å²) in [6.45, 7) is 4.67. The number of piperazine rings is 1. The van der Waals surface area contributed by atoms with Gasteiger partial charge >= 0.3 is 0 Å². The Hall–Kier alpha value is -1.76. The van der Waals surface area contributed by atoms with Gasteiger partial charge in [0.05, 0.1) is 31.9 Å². The Kier molecular flexibility index (Phi) is 5.51. The fourth-order valence-corrected chi connectivity index (χ4v) is 4.88. The summed E-state index contributed by atoms with van der Waals surface area (Å²) in [6, 6.07) is 16.1. The van der Waals surface area contributed by atoms with E-state index in [9.17, 15) is 12.8 Å². The summed E-state index contributed by atoms with van der Waals surface area (Å²) in [5.74, 6) is -0.181. The molecule has 0 radical (unpaired) electrons. The minimum atomic E-state index is -3.29. The molecule has 1 aliphatic rings. The molecule has 1 aliphatic heterocycles. The Balaban J connectivity index is 1.60. The van der Waals surface area contributed by atoms with E-state index < -0.39 is 10.0 Å². The second-order valence-electron chi connectivity index (χ2n) is 6.57. The molecule has 2 aromatic carbocycles. The minimum absolute atomic E-state index is 0.0523. The Morgan fingerprint density at radius 2 is 1.64 bits per heavy atom. The molecule has 6 heteroatoms. The normalized spacial score (nSPS) is 18.2. The van der Waals surface area contributed by atoms with Crippen LogP contribution in [0.2, 0.25) is 0 Å². The summed E-state index contributed by atoms with van der Waals surface area (Å²) in [5.41, 5.74) is 1.90. The van der Waals surface area contributed by atoms with Crippen LogP contribution in [0.3, 0.4) is 0 Å². The van der Waals surface area contributed by atoms with Gasteiger partial charge in [-0.1, -0.05) is 42.5 Å². The fourth-order valence-electron chi connectivity index (χ4n) is 3.35. The van der Waals surface area contributed by atoms with Crippen molar-refractivity contribution < 1.29 is 17.7 Å². The zero-order valence-electron chi connectivity index (χ0n) is 14.4. The molecule has 1 N–H and O–H groups in total. The van der Waals surface area contributed by atoms with E-state index in [2.05, 4.69) is 6.92 Å². The SMILES string of the molecule is C[C@@H](c1ccc(F)cc1)[NH+]1CCN(S(=O)(=O)Cc2ccccc2)CC1. The maximum absolute atomic E-state index is 13.1. The number of halogens is 1. The average Bonchev–Trinajstić information content (AvgIpc) is 2.62. The topological polar surface area (TPSA) is 41.8 Å². The van der Waals surface area contributed by atoms with Crippen LogP contribution < -0.4 is 4.90 Å². The van der Waals surface area contributed by atoms with Crippen LogP contribution in [-0.4, -0.2) is 38.9 Å². The molecule has 0 saturated carbocycles. The summed E-state index contributed by atoms with van der Waals surface area (Å²) in [6.07, 6.45) is 0. The van der Waals surface area contributed by atoms with E-state index >= 15 is 0 Å². The first-order valence-electron chi connectivity index (χ1n) is 8.57. The summed E-state index contributed by atoms with van der Waals surface area (Å²) >= 11 is 0. The van der Waals surface area contributed by atoms with Crippen molar-refractivity contribution in [1.29, 1.82) is 0 Å². The van der Waals surface area contributed by atoms with E-state index in [4.69, 9.17) is 0 Å². The van der Waals surface area contributed by atoms with Gasteiger partial charge in [0, 0.05) is 5.56 Å². The maximum atomic E-state index is 13.1.